The highest BCUT2D eigenvalue weighted by Gasteiger charge is 2.65. The van der Waals surface area contributed by atoms with Crippen LogP contribution in [-0.2, 0) is 32.5 Å². The molecule has 162 valence electrons. The van der Waals surface area contributed by atoms with Crippen molar-refractivity contribution in [3.63, 3.8) is 0 Å². The number of ether oxygens (including phenoxy) is 3. The SMILES string of the molecule is Cn1nc2c3c(c1=O)CC1(C(=O)OC(C)(C)OC1=O)C(c1ccccc1)N3CCCO2. The first-order chi connectivity index (χ1) is 14.7. The first-order valence-corrected chi connectivity index (χ1v) is 10.3. The minimum absolute atomic E-state index is 0.155. The van der Waals surface area contributed by atoms with Gasteiger partial charge in [0.15, 0.2) is 5.41 Å². The molecule has 5 rings (SSSR count). The third-order valence-corrected chi connectivity index (χ3v) is 6.11. The van der Waals surface area contributed by atoms with Gasteiger partial charge in [0.2, 0.25) is 0 Å². The van der Waals surface area contributed by atoms with Crippen LogP contribution in [0.25, 0.3) is 0 Å². The van der Waals surface area contributed by atoms with Gasteiger partial charge in [-0.25, -0.2) is 4.68 Å². The number of aryl methyl sites for hydroxylation is 1. The van der Waals surface area contributed by atoms with Crippen molar-refractivity contribution in [3.8, 4) is 5.88 Å². The Labute approximate surface area is 178 Å². The van der Waals surface area contributed by atoms with E-state index in [1.165, 1.54) is 25.6 Å². The van der Waals surface area contributed by atoms with Crippen LogP contribution in [0.2, 0.25) is 0 Å². The number of carbonyl (C=O) groups is 2. The highest BCUT2D eigenvalue weighted by atomic mass is 16.7. The molecule has 2 aromatic rings. The zero-order valence-corrected chi connectivity index (χ0v) is 17.6. The number of cyclic esters (lactones) is 2. The van der Waals surface area contributed by atoms with Crippen LogP contribution in [0.4, 0.5) is 5.69 Å². The van der Waals surface area contributed by atoms with Gasteiger partial charge >= 0.3 is 11.9 Å². The molecule has 0 saturated carbocycles. The van der Waals surface area contributed by atoms with Crippen LogP contribution in [0.5, 0.6) is 5.88 Å². The van der Waals surface area contributed by atoms with E-state index >= 15 is 0 Å². The van der Waals surface area contributed by atoms with Gasteiger partial charge in [-0.3, -0.25) is 14.4 Å². The molecule has 3 aliphatic heterocycles. The third-order valence-electron chi connectivity index (χ3n) is 6.11. The molecule has 31 heavy (non-hydrogen) atoms. The Kier molecular flexibility index (Phi) is 4.15. The van der Waals surface area contributed by atoms with E-state index in [1.54, 1.807) is 0 Å². The summed E-state index contributed by atoms with van der Waals surface area (Å²) in [5.41, 5.74) is -0.527. The molecule has 0 bridgehead atoms. The summed E-state index contributed by atoms with van der Waals surface area (Å²) in [4.78, 5) is 42.0. The maximum atomic E-state index is 13.5. The highest BCUT2D eigenvalue weighted by molar-refractivity contribution is 6.04. The van der Waals surface area contributed by atoms with Crippen LogP contribution in [0.1, 0.15) is 37.4 Å². The van der Waals surface area contributed by atoms with Gasteiger partial charge in [-0.2, -0.15) is 0 Å². The van der Waals surface area contributed by atoms with Crippen molar-refractivity contribution < 1.29 is 23.8 Å². The van der Waals surface area contributed by atoms with E-state index in [-0.39, 0.29) is 12.0 Å². The second kappa shape index (κ2) is 6.57. The van der Waals surface area contributed by atoms with E-state index in [9.17, 15) is 14.4 Å². The first kappa shape index (κ1) is 19.6. The second-order valence-electron chi connectivity index (χ2n) is 8.60. The molecule has 4 heterocycles. The molecule has 0 radical (unpaired) electrons. The average molecular weight is 425 g/mol. The fraction of sp³-hybridized carbons (Fsp3) is 0.455. The predicted molar refractivity (Wildman–Crippen MR) is 109 cm³/mol. The summed E-state index contributed by atoms with van der Waals surface area (Å²) < 4.78 is 18.2. The van der Waals surface area contributed by atoms with E-state index in [0.717, 1.165) is 5.56 Å². The topological polar surface area (TPSA) is 100.0 Å². The summed E-state index contributed by atoms with van der Waals surface area (Å²) in [5.74, 6) is -2.45. The molecule has 1 spiro atoms. The number of rotatable bonds is 1. The number of esters is 2. The molecule has 1 aromatic carbocycles. The Morgan fingerprint density at radius 3 is 2.42 bits per heavy atom. The molecular formula is C22H23N3O6. The summed E-state index contributed by atoms with van der Waals surface area (Å²) in [6.07, 6.45) is 0.473. The average Bonchev–Trinajstić information content (AvgIpc) is 2.93. The number of hydrogen-bond acceptors (Lipinski definition) is 8. The molecule has 3 aliphatic rings. The molecule has 0 aliphatic carbocycles. The summed E-state index contributed by atoms with van der Waals surface area (Å²) in [5, 5.41) is 4.30. The van der Waals surface area contributed by atoms with E-state index in [2.05, 4.69) is 5.10 Å². The fourth-order valence-corrected chi connectivity index (χ4v) is 4.82. The number of benzene rings is 1. The van der Waals surface area contributed by atoms with Crippen LogP contribution in [0.15, 0.2) is 35.1 Å². The zero-order valence-electron chi connectivity index (χ0n) is 17.6. The third kappa shape index (κ3) is 2.75. The smallest absolute Gasteiger partial charge is 0.329 e. The minimum Gasteiger partial charge on any atom is -0.475 e. The van der Waals surface area contributed by atoms with Crippen LogP contribution in [-0.4, -0.2) is 40.7 Å². The lowest BCUT2D eigenvalue weighted by molar-refractivity contribution is -0.253. The van der Waals surface area contributed by atoms with Gasteiger partial charge < -0.3 is 19.1 Å². The van der Waals surface area contributed by atoms with Crippen molar-refractivity contribution in [1.82, 2.24) is 9.78 Å². The molecule has 1 unspecified atom stereocenters. The summed E-state index contributed by atoms with van der Waals surface area (Å²) in [6.45, 7) is 3.92. The van der Waals surface area contributed by atoms with Crippen molar-refractivity contribution in [3.05, 3.63) is 51.8 Å². The Bertz CT molecular complexity index is 1120. The summed E-state index contributed by atoms with van der Waals surface area (Å²) >= 11 is 0. The number of anilines is 1. The lowest BCUT2D eigenvalue weighted by Crippen LogP contribution is -2.63. The number of hydrogen-bond donors (Lipinski definition) is 0. The lowest BCUT2D eigenvalue weighted by atomic mass is 9.68. The molecule has 9 nitrogen and oxygen atoms in total. The zero-order chi connectivity index (χ0) is 22.0. The van der Waals surface area contributed by atoms with Gasteiger partial charge in [-0.1, -0.05) is 30.3 Å². The van der Waals surface area contributed by atoms with E-state index < -0.39 is 29.2 Å². The van der Waals surface area contributed by atoms with Crippen molar-refractivity contribution in [2.45, 2.75) is 38.5 Å². The first-order valence-electron chi connectivity index (χ1n) is 10.3. The predicted octanol–water partition coefficient (Wildman–Crippen LogP) is 1.49. The number of aromatic nitrogens is 2. The van der Waals surface area contributed by atoms with Gasteiger partial charge in [0.1, 0.15) is 5.69 Å². The fourth-order valence-electron chi connectivity index (χ4n) is 4.82. The normalized spacial score (nSPS) is 23.3. The van der Waals surface area contributed by atoms with Gasteiger partial charge in [0.25, 0.3) is 17.2 Å². The number of carbonyl (C=O) groups excluding carboxylic acids is 2. The quantitative estimate of drug-likeness (QED) is 0.501. The van der Waals surface area contributed by atoms with E-state index in [1.807, 2.05) is 35.2 Å². The summed E-state index contributed by atoms with van der Waals surface area (Å²) in [6, 6.07) is 8.54. The molecule has 1 fully saturated rings. The Morgan fingerprint density at radius 1 is 1.06 bits per heavy atom. The van der Waals surface area contributed by atoms with E-state index in [4.69, 9.17) is 14.2 Å². The molecule has 1 saturated heterocycles. The number of nitrogens with zero attached hydrogens (tertiary/aromatic N) is 3. The van der Waals surface area contributed by atoms with Crippen molar-refractivity contribution in [2.75, 3.05) is 18.1 Å². The van der Waals surface area contributed by atoms with Gasteiger partial charge in [-0.05, 0) is 12.0 Å². The molecule has 9 heteroatoms. The Morgan fingerprint density at radius 2 is 1.74 bits per heavy atom. The molecule has 1 atom stereocenters. The van der Waals surface area contributed by atoms with Crippen LogP contribution in [0, 0.1) is 5.41 Å². The lowest BCUT2D eigenvalue weighted by Gasteiger charge is -2.50. The van der Waals surface area contributed by atoms with Gasteiger partial charge in [0.05, 0.1) is 12.6 Å². The van der Waals surface area contributed by atoms with Gasteiger partial charge in [-0.15, -0.1) is 5.10 Å². The monoisotopic (exact) mass is 425 g/mol. The van der Waals surface area contributed by atoms with Gasteiger partial charge in [0, 0.05) is 39.4 Å². The Hall–Kier alpha value is -3.36. The molecular weight excluding hydrogens is 402 g/mol. The Balaban J connectivity index is 1.82. The second-order valence-corrected chi connectivity index (χ2v) is 8.60. The molecule has 0 N–H and O–H groups in total. The molecule has 0 amide bonds. The van der Waals surface area contributed by atoms with Crippen molar-refractivity contribution in [2.24, 2.45) is 12.5 Å². The van der Waals surface area contributed by atoms with Crippen molar-refractivity contribution >= 4 is 17.6 Å². The van der Waals surface area contributed by atoms with E-state index in [0.29, 0.717) is 36.7 Å². The van der Waals surface area contributed by atoms with Crippen molar-refractivity contribution in [1.29, 1.82) is 0 Å². The summed E-state index contributed by atoms with van der Waals surface area (Å²) in [7, 11) is 1.52. The maximum absolute atomic E-state index is 13.5. The standard InChI is InChI=1S/C22H23N3O6/c1-21(2)30-19(27)22(20(28)31-21)12-14-15-17(23-24(3)18(14)26)29-11-7-10-25(15)16(22)13-8-5-4-6-9-13/h4-6,8-9,16H,7,10-12H2,1-3H3. The van der Waals surface area contributed by atoms with Crippen LogP contribution in [0.3, 0.4) is 0 Å². The molecule has 1 aromatic heterocycles. The van der Waals surface area contributed by atoms with Crippen LogP contribution < -0.4 is 15.2 Å². The largest absolute Gasteiger partial charge is 0.475 e. The van der Waals surface area contributed by atoms with Crippen LogP contribution >= 0.6 is 0 Å². The highest BCUT2D eigenvalue weighted by Crippen LogP contribution is 2.54. The minimum atomic E-state index is -1.72. The maximum Gasteiger partial charge on any atom is 0.329 e.